The lowest BCUT2D eigenvalue weighted by atomic mass is 10.1. The Morgan fingerprint density at radius 1 is 0.946 bits per heavy atom. The first-order valence-electron chi connectivity index (χ1n) is 12.1. The van der Waals surface area contributed by atoms with Crippen LogP contribution in [0.4, 0.5) is 5.69 Å². The normalized spacial score (nSPS) is 12.0. The second-order valence-corrected chi connectivity index (χ2v) is 11.4. The molecule has 37 heavy (non-hydrogen) atoms. The summed E-state index contributed by atoms with van der Waals surface area (Å²) in [5, 5.41) is 2.81. The van der Waals surface area contributed by atoms with E-state index < -0.39 is 28.5 Å². The van der Waals surface area contributed by atoms with Crippen LogP contribution in [0.1, 0.15) is 31.4 Å². The molecule has 0 saturated heterocycles. The maximum Gasteiger partial charge on any atom is 0.264 e. The summed E-state index contributed by atoms with van der Waals surface area (Å²) in [7, 11) is -4.07. The third kappa shape index (κ3) is 7.20. The van der Waals surface area contributed by atoms with E-state index in [0.717, 1.165) is 19.9 Å². The molecule has 0 aliphatic rings. The molecule has 0 radical (unpaired) electrons. The SMILES string of the molecule is CCNC(=O)[C@H](CC)N(Cc1cccc(C)c1)C(=O)CN(c1ccc(Br)cc1)S(=O)(=O)c1ccccc1. The van der Waals surface area contributed by atoms with Crippen molar-refractivity contribution in [3.8, 4) is 0 Å². The summed E-state index contributed by atoms with van der Waals surface area (Å²) in [4.78, 5) is 28.4. The number of nitrogens with zero attached hydrogens (tertiary/aromatic N) is 2. The van der Waals surface area contributed by atoms with Crippen LogP contribution in [0.3, 0.4) is 0 Å². The first-order valence-corrected chi connectivity index (χ1v) is 14.4. The summed E-state index contributed by atoms with van der Waals surface area (Å²) in [5.74, 6) is -0.742. The van der Waals surface area contributed by atoms with E-state index in [2.05, 4.69) is 21.2 Å². The number of nitrogens with one attached hydrogen (secondary N) is 1. The van der Waals surface area contributed by atoms with E-state index in [1.54, 1.807) is 42.5 Å². The van der Waals surface area contributed by atoms with Gasteiger partial charge in [0.1, 0.15) is 12.6 Å². The molecule has 1 N–H and O–H groups in total. The summed E-state index contributed by atoms with van der Waals surface area (Å²) in [5.41, 5.74) is 2.23. The van der Waals surface area contributed by atoms with Gasteiger partial charge in [-0.1, -0.05) is 70.9 Å². The Bertz CT molecular complexity index is 1310. The molecule has 0 spiro atoms. The van der Waals surface area contributed by atoms with Crippen LogP contribution in [0.5, 0.6) is 0 Å². The average Bonchev–Trinajstić information content (AvgIpc) is 2.88. The number of carbonyl (C=O) groups is 2. The van der Waals surface area contributed by atoms with Crippen molar-refractivity contribution >= 4 is 43.5 Å². The van der Waals surface area contributed by atoms with Gasteiger partial charge in [0, 0.05) is 17.6 Å². The molecule has 0 aliphatic heterocycles. The monoisotopic (exact) mass is 585 g/mol. The molecular weight excluding hydrogens is 554 g/mol. The minimum atomic E-state index is -4.07. The van der Waals surface area contributed by atoms with Crippen molar-refractivity contribution in [3.05, 3.63) is 94.5 Å². The van der Waals surface area contributed by atoms with Crippen LogP contribution in [-0.2, 0) is 26.2 Å². The fraction of sp³-hybridized carbons (Fsp3) is 0.286. The Hall–Kier alpha value is -3.17. The van der Waals surface area contributed by atoms with Crippen molar-refractivity contribution in [2.75, 3.05) is 17.4 Å². The number of rotatable bonds is 11. The average molecular weight is 587 g/mol. The molecule has 3 aromatic rings. The number of aryl methyl sites for hydroxylation is 1. The molecule has 0 aromatic heterocycles. The molecule has 0 heterocycles. The van der Waals surface area contributed by atoms with Crippen molar-refractivity contribution in [1.29, 1.82) is 0 Å². The number of likely N-dealkylation sites (N-methyl/N-ethyl adjacent to an activating group) is 1. The highest BCUT2D eigenvalue weighted by molar-refractivity contribution is 9.10. The first kappa shape index (κ1) is 28.4. The lowest BCUT2D eigenvalue weighted by molar-refractivity contribution is -0.140. The molecule has 2 amide bonds. The highest BCUT2D eigenvalue weighted by atomic mass is 79.9. The summed E-state index contributed by atoms with van der Waals surface area (Å²) >= 11 is 3.38. The highest BCUT2D eigenvalue weighted by Gasteiger charge is 2.33. The van der Waals surface area contributed by atoms with Gasteiger partial charge >= 0.3 is 0 Å². The van der Waals surface area contributed by atoms with Crippen molar-refractivity contribution in [2.24, 2.45) is 0 Å². The number of benzene rings is 3. The largest absolute Gasteiger partial charge is 0.355 e. The van der Waals surface area contributed by atoms with Gasteiger partial charge in [-0.2, -0.15) is 0 Å². The summed E-state index contributed by atoms with van der Waals surface area (Å²) in [6, 6.07) is 21.7. The molecule has 1 atom stereocenters. The summed E-state index contributed by atoms with van der Waals surface area (Å²) in [6.45, 7) is 5.76. The van der Waals surface area contributed by atoms with Gasteiger partial charge in [0.05, 0.1) is 10.6 Å². The van der Waals surface area contributed by atoms with Crippen LogP contribution in [0.2, 0.25) is 0 Å². The van der Waals surface area contributed by atoms with Gasteiger partial charge in [-0.05, 0) is 62.2 Å². The van der Waals surface area contributed by atoms with Gasteiger partial charge in [0.25, 0.3) is 10.0 Å². The van der Waals surface area contributed by atoms with E-state index in [-0.39, 0.29) is 17.3 Å². The van der Waals surface area contributed by atoms with Crippen molar-refractivity contribution in [1.82, 2.24) is 10.2 Å². The second kappa shape index (κ2) is 12.9. The van der Waals surface area contributed by atoms with E-state index in [9.17, 15) is 18.0 Å². The molecule has 196 valence electrons. The zero-order valence-corrected chi connectivity index (χ0v) is 23.6. The third-order valence-electron chi connectivity index (χ3n) is 5.90. The van der Waals surface area contributed by atoms with Crippen LogP contribution in [-0.4, -0.2) is 44.3 Å². The Morgan fingerprint density at radius 2 is 1.62 bits per heavy atom. The Labute approximate surface area is 227 Å². The fourth-order valence-corrected chi connectivity index (χ4v) is 5.77. The van der Waals surface area contributed by atoms with E-state index >= 15 is 0 Å². The molecular formula is C28H32BrN3O4S. The lowest BCUT2D eigenvalue weighted by Gasteiger charge is -2.33. The molecule has 0 unspecified atom stereocenters. The standard InChI is InChI=1S/C28H32BrN3O4S/c1-4-26(28(34)30-5-2)31(19-22-11-9-10-21(3)18-22)27(33)20-32(24-16-14-23(29)15-17-24)37(35,36)25-12-7-6-8-13-25/h6-18,26H,4-5,19-20H2,1-3H3,(H,30,34)/t26-/m0/s1. The van der Waals surface area contributed by atoms with Crippen LogP contribution >= 0.6 is 15.9 Å². The summed E-state index contributed by atoms with van der Waals surface area (Å²) < 4.78 is 29.3. The molecule has 3 rings (SSSR count). The third-order valence-corrected chi connectivity index (χ3v) is 8.21. The minimum Gasteiger partial charge on any atom is -0.355 e. The lowest BCUT2D eigenvalue weighted by Crippen LogP contribution is -2.52. The van der Waals surface area contributed by atoms with E-state index in [1.165, 1.54) is 17.0 Å². The van der Waals surface area contributed by atoms with Crippen LogP contribution in [0.25, 0.3) is 0 Å². The highest BCUT2D eigenvalue weighted by Crippen LogP contribution is 2.26. The first-order chi connectivity index (χ1) is 17.7. The quantitative estimate of drug-likeness (QED) is 0.347. The van der Waals surface area contributed by atoms with Crippen LogP contribution in [0.15, 0.2) is 88.2 Å². The van der Waals surface area contributed by atoms with Gasteiger partial charge in [-0.15, -0.1) is 0 Å². The van der Waals surface area contributed by atoms with Crippen molar-refractivity contribution in [2.45, 2.75) is 44.7 Å². The topological polar surface area (TPSA) is 86.8 Å². The van der Waals surface area contributed by atoms with E-state index in [1.807, 2.05) is 45.0 Å². The second-order valence-electron chi connectivity index (χ2n) is 8.63. The number of hydrogen-bond acceptors (Lipinski definition) is 4. The van der Waals surface area contributed by atoms with E-state index in [4.69, 9.17) is 0 Å². The zero-order valence-electron chi connectivity index (χ0n) is 21.2. The van der Waals surface area contributed by atoms with E-state index in [0.29, 0.717) is 18.7 Å². The minimum absolute atomic E-state index is 0.0757. The molecule has 7 nitrogen and oxygen atoms in total. The van der Waals surface area contributed by atoms with Gasteiger partial charge < -0.3 is 10.2 Å². The number of hydrogen-bond donors (Lipinski definition) is 1. The van der Waals surface area contributed by atoms with Gasteiger partial charge in [0.2, 0.25) is 11.8 Å². The Balaban J connectivity index is 2.04. The summed E-state index contributed by atoms with van der Waals surface area (Å²) in [6.07, 6.45) is 0.382. The fourth-order valence-electron chi connectivity index (χ4n) is 4.07. The number of sulfonamides is 1. The number of anilines is 1. The smallest absolute Gasteiger partial charge is 0.264 e. The number of halogens is 1. The van der Waals surface area contributed by atoms with Crippen molar-refractivity contribution < 1.29 is 18.0 Å². The maximum atomic E-state index is 13.9. The Morgan fingerprint density at radius 3 is 2.22 bits per heavy atom. The molecule has 0 aliphatic carbocycles. The van der Waals surface area contributed by atoms with Crippen molar-refractivity contribution in [3.63, 3.8) is 0 Å². The molecule has 0 fully saturated rings. The molecule has 0 bridgehead atoms. The predicted molar refractivity (Wildman–Crippen MR) is 150 cm³/mol. The predicted octanol–water partition coefficient (Wildman–Crippen LogP) is 4.90. The molecule has 0 saturated carbocycles. The van der Waals surface area contributed by atoms with Gasteiger partial charge in [-0.3, -0.25) is 13.9 Å². The maximum absolute atomic E-state index is 13.9. The molecule has 3 aromatic carbocycles. The number of amides is 2. The zero-order chi connectivity index (χ0) is 27.0. The number of carbonyl (C=O) groups excluding carboxylic acids is 2. The Kier molecular flexibility index (Phi) is 9.88. The van der Waals surface area contributed by atoms with Crippen LogP contribution < -0.4 is 9.62 Å². The molecule has 9 heteroatoms. The van der Waals surface area contributed by atoms with Gasteiger partial charge in [-0.25, -0.2) is 8.42 Å². The van der Waals surface area contributed by atoms with Crippen LogP contribution in [0, 0.1) is 6.92 Å². The van der Waals surface area contributed by atoms with Gasteiger partial charge in [0.15, 0.2) is 0 Å².